The van der Waals surface area contributed by atoms with E-state index in [9.17, 15) is 0 Å². The second-order valence-corrected chi connectivity index (χ2v) is 5.41. The molecular weight excluding hydrogens is 200 g/mol. The smallest absolute Gasteiger partial charge is 0.0593 e. The van der Waals surface area contributed by atoms with Gasteiger partial charge in [0.05, 0.1) is 6.61 Å². The molecule has 0 bridgehead atoms. The predicted molar refractivity (Wildman–Crippen MR) is 66.4 cm³/mol. The molecule has 0 radical (unpaired) electrons. The molecule has 2 atom stereocenters. The topological polar surface area (TPSA) is 38.5 Å². The summed E-state index contributed by atoms with van der Waals surface area (Å²) in [5.74, 6) is 0.740. The average Bonchev–Trinajstić information content (AvgIpc) is 2.59. The van der Waals surface area contributed by atoms with Gasteiger partial charge < -0.3 is 10.5 Å². The molecule has 2 N–H and O–H groups in total. The van der Waals surface area contributed by atoms with Crippen molar-refractivity contribution < 1.29 is 4.74 Å². The summed E-state index contributed by atoms with van der Waals surface area (Å²) in [4.78, 5) is 2.63. The van der Waals surface area contributed by atoms with Crippen LogP contribution in [0.1, 0.15) is 39.0 Å². The molecule has 1 aliphatic heterocycles. The second-order valence-electron chi connectivity index (χ2n) is 5.41. The molecule has 0 amide bonds. The van der Waals surface area contributed by atoms with E-state index in [2.05, 4.69) is 11.8 Å². The third-order valence-electron chi connectivity index (χ3n) is 4.62. The molecule has 16 heavy (non-hydrogen) atoms. The Bertz CT molecular complexity index is 214. The van der Waals surface area contributed by atoms with Gasteiger partial charge in [0.15, 0.2) is 0 Å². The lowest BCUT2D eigenvalue weighted by atomic mass is 9.72. The lowest BCUT2D eigenvalue weighted by Crippen LogP contribution is -2.59. The van der Waals surface area contributed by atoms with Crippen LogP contribution < -0.4 is 5.73 Å². The summed E-state index contributed by atoms with van der Waals surface area (Å²) < 4.78 is 5.56. The normalized spacial score (nSPS) is 38.2. The Balaban J connectivity index is 2.10. The minimum atomic E-state index is 0.270. The fourth-order valence-electron chi connectivity index (χ4n) is 3.49. The quantitative estimate of drug-likeness (QED) is 0.777. The number of ether oxygens (including phenoxy) is 1. The van der Waals surface area contributed by atoms with E-state index in [1.54, 1.807) is 0 Å². The highest BCUT2D eigenvalue weighted by atomic mass is 16.5. The van der Waals surface area contributed by atoms with Crippen LogP contribution in [0.5, 0.6) is 0 Å². The van der Waals surface area contributed by atoms with Crippen molar-refractivity contribution in [3.63, 3.8) is 0 Å². The van der Waals surface area contributed by atoms with E-state index in [4.69, 9.17) is 10.5 Å². The van der Waals surface area contributed by atoms with Crippen molar-refractivity contribution in [2.45, 2.75) is 44.6 Å². The molecule has 2 rings (SSSR count). The fraction of sp³-hybridized carbons (Fsp3) is 1.00. The molecule has 0 aromatic rings. The van der Waals surface area contributed by atoms with Crippen molar-refractivity contribution in [3.8, 4) is 0 Å². The fourth-order valence-corrected chi connectivity index (χ4v) is 3.49. The Morgan fingerprint density at radius 3 is 2.88 bits per heavy atom. The van der Waals surface area contributed by atoms with E-state index in [1.807, 2.05) is 0 Å². The van der Waals surface area contributed by atoms with Crippen LogP contribution in [0.3, 0.4) is 0 Å². The van der Waals surface area contributed by atoms with Gasteiger partial charge in [-0.05, 0) is 25.2 Å². The van der Waals surface area contributed by atoms with Crippen LogP contribution in [0.15, 0.2) is 0 Å². The first-order chi connectivity index (χ1) is 7.79. The zero-order chi connectivity index (χ0) is 11.4. The highest BCUT2D eigenvalue weighted by Crippen LogP contribution is 2.38. The van der Waals surface area contributed by atoms with Gasteiger partial charge in [0.2, 0.25) is 0 Å². The molecule has 1 saturated heterocycles. The molecule has 3 nitrogen and oxygen atoms in total. The maximum atomic E-state index is 6.13. The van der Waals surface area contributed by atoms with Crippen LogP contribution in [-0.4, -0.2) is 43.3 Å². The molecule has 1 heterocycles. The molecule has 3 heteroatoms. The van der Waals surface area contributed by atoms with Gasteiger partial charge in [-0.3, -0.25) is 4.90 Å². The van der Waals surface area contributed by atoms with E-state index >= 15 is 0 Å². The van der Waals surface area contributed by atoms with Gasteiger partial charge in [0.25, 0.3) is 0 Å². The molecule has 94 valence electrons. The molecular formula is C13H26N2O. The van der Waals surface area contributed by atoms with E-state index in [-0.39, 0.29) is 5.54 Å². The minimum absolute atomic E-state index is 0.270. The van der Waals surface area contributed by atoms with E-state index in [1.165, 1.54) is 32.2 Å². The van der Waals surface area contributed by atoms with E-state index in [0.29, 0.717) is 0 Å². The molecule has 2 unspecified atom stereocenters. The maximum absolute atomic E-state index is 6.13. The van der Waals surface area contributed by atoms with Crippen LogP contribution in [0.2, 0.25) is 0 Å². The Morgan fingerprint density at radius 1 is 1.25 bits per heavy atom. The number of nitrogens with zero attached hydrogens (tertiary/aromatic N) is 1. The van der Waals surface area contributed by atoms with Gasteiger partial charge in [-0.1, -0.05) is 19.8 Å². The third-order valence-corrected chi connectivity index (χ3v) is 4.62. The van der Waals surface area contributed by atoms with Gasteiger partial charge in [-0.25, -0.2) is 0 Å². The van der Waals surface area contributed by atoms with Gasteiger partial charge in [0.1, 0.15) is 0 Å². The van der Waals surface area contributed by atoms with Crippen molar-refractivity contribution in [1.82, 2.24) is 4.90 Å². The van der Waals surface area contributed by atoms with Crippen LogP contribution >= 0.6 is 0 Å². The van der Waals surface area contributed by atoms with Crippen LogP contribution in [0.25, 0.3) is 0 Å². The predicted octanol–water partition coefficient (Wildman–Crippen LogP) is 1.62. The third kappa shape index (κ3) is 2.27. The van der Waals surface area contributed by atoms with Crippen molar-refractivity contribution in [2.24, 2.45) is 11.7 Å². The highest BCUT2D eigenvalue weighted by molar-refractivity contribution is 4.98. The van der Waals surface area contributed by atoms with Crippen LogP contribution in [0, 0.1) is 5.92 Å². The molecule has 2 aliphatic rings. The molecule has 0 spiro atoms. The molecule has 0 aromatic carbocycles. The minimum Gasteiger partial charge on any atom is -0.380 e. The SMILES string of the molecule is CC1CCCCC1(CN)N1CCCOCC1. The molecule has 0 aromatic heterocycles. The van der Waals surface area contributed by atoms with Crippen molar-refractivity contribution in [2.75, 3.05) is 32.8 Å². The van der Waals surface area contributed by atoms with E-state index in [0.717, 1.165) is 38.6 Å². The first-order valence-electron chi connectivity index (χ1n) is 6.82. The largest absolute Gasteiger partial charge is 0.380 e. The van der Waals surface area contributed by atoms with E-state index < -0.39 is 0 Å². The summed E-state index contributed by atoms with van der Waals surface area (Å²) in [6.45, 7) is 7.25. The summed E-state index contributed by atoms with van der Waals surface area (Å²) >= 11 is 0. The van der Waals surface area contributed by atoms with Gasteiger partial charge in [-0.15, -0.1) is 0 Å². The average molecular weight is 226 g/mol. The highest BCUT2D eigenvalue weighted by Gasteiger charge is 2.41. The second kappa shape index (κ2) is 5.48. The van der Waals surface area contributed by atoms with Gasteiger partial charge >= 0.3 is 0 Å². The summed E-state index contributed by atoms with van der Waals surface area (Å²) in [5.41, 5.74) is 6.40. The lowest BCUT2D eigenvalue weighted by Gasteiger charge is -2.49. The molecule has 1 saturated carbocycles. The standard InChI is InChI=1S/C13H26N2O/c1-12-5-2-3-6-13(12,11-14)15-7-4-9-16-10-8-15/h12H,2-11,14H2,1H3. The maximum Gasteiger partial charge on any atom is 0.0593 e. The Hall–Kier alpha value is -0.120. The first kappa shape index (κ1) is 12.3. The monoisotopic (exact) mass is 226 g/mol. The zero-order valence-corrected chi connectivity index (χ0v) is 10.6. The van der Waals surface area contributed by atoms with Crippen molar-refractivity contribution in [3.05, 3.63) is 0 Å². The Morgan fingerprint density at radius 2 is 2.12 bits per heavy atom. The van der Waals surface area contributed by atoms with Crippen LogP contribution in [0.4, 0.5) is 0 Å². The van der Waals surface area contributed by atoms with Crippen LogP contribution in [-0.2, 0) is 4.74 Å². The first-order valence-corrected chi connectivity index (χ1v) is 6.82. The summed E-state index contributed by atoms with van der Waals surface area (Å²) in [7, 11) is 0. The summed E-state index contributed by atoms with van der Waals surface area (Å²) in [6, 6.07) is 0. The van der Waals surface area contributed by atoms with Crippen molar-refractivity contribution >= 4 is 0 Å². The van der Waals surface area contributed by atoms with Gasteiger partial charge in [-0.2, -0.15) is 0 Å². The number of hydrogen-bond acceptors (Lipinski definition) is 3. The van der Waals surface area contributed by atoms with Gasteiger partial charge in [0, 0.05) is 31.8 Å². The van der Waals surface area contributed by atoms with Crippen molar-refractivity contribution in [1.29, 1.82) is 0 Å². The zero-order valence-electron chi connectivity index (χ0n) is 10.6. The molecule has 2 fully saturated rings. The summed E-state index contributed by atoms with van der Waals surface area (Å²) in [5, 5.41) is 0. The summed E-state index contributed by atoms with van der Waals surface area (Å²) in [6.07, 6.45) is 6.51. The number of rotatable bonds is 2. The number of hydrogen-bond donors (Lipinski definition) is 1. The number of nitrogens with two attached hydrogens (primary N) is 1. The Labute approximate surface area is 99.3 Å². The Kier molecular flexibility index (Phi) is 4.22. The lowest BCUT2D eigenvalue weighted by molar-refractivity contribution is 0.0114. The molecule has 1 aliphatic carbocycles.